The van der Waals surface area contributed by atoms with Crippen LogP contribution in [-0.4, -0.2) is 31.6 Å². The Kier molecular flexibility index (Phi) is 5.31. The summed E-state index contributed by atoms with van der Waals surface area (Å²) < 4.78 is 1.91. The predicted octanol–water partition coefficient (Wildman–Crippen LogP) is 1.89. The molecule has 0 radical (unpaired) electrons. The van der Waals surface area contributed by atoms with Crippen LogP contribution in [0.1, 0.15) is 26.7 Å². The van der Waals surface area contributed by atoms with Gasteiger partial charge in [-0.1, -0.05) is 25.6 Å². The number of carboxylic acids is 1. The molecule has 1 N–H and O–H groups in total. The molecule has 0 aliphatic rings. The standard InChI is InChI=1S/C10H17N3O2S/c1-8(2)4-3-5-13-7-11-12-10(13)16-6-9(14)15/h7-8H,3-6H2,1-2H3,(H,14,15). The summed E-state index contributed by atoms with van der Waals surface area (Å²) in [6.45, 7) is 5.23. The number of aryl methyl sites for hydroxylation is 1. The lowest BCUT2D eigenvalue weighted by Crippen LogP contribution is -2.03. The third-order valence-corrected chi connectivity index (χ3v) is 3.05. The van der Waals surface area contributed by atoms with Crippen LogP contribution in [0.2, 0.25) is 0 Å². The largest absolute Gasteiger partial charge is 0.481 e. The maximum atomic E-state index is 10.4. The second-order valence-electron chi connectivity index (χ2n) is 4.03. The zero-order valence-corrected chi connectivity index (χ0v) is 10.4. The Bertz CT molecular complexity index is 339. The molecule has 5 nitrogen and oxygen atoms in total. The number of thioether (sulfide) groups is 1. The summed E-state index contributed by atoms with van der Waals surface area (Å²) in [7, 11) is 0. The van der Waals surface area contributed by atoms with Gasteiger partial charge in [0.1, 0.15) is 6.33 Å². The zero-order chi connectivity index (χ0) is 12.0. The number of rotatable bonds is 7. The molecular formula is C10H17N3O2S. The lowest BCUT2D eigenvalue weighted by atomic mass is 10.1. The molecule has 0 fully saturated rings. The molecule has 0 bridgehead atoms. The number of aliphatic carboxylic acids is 1. The Morgan fingerprint density at radius 2 is 2.38 bits per heavy atom. The third-order valence-electron chi connectivity index (χ3n) is 2.09. The second kappa shape index (κ2) is 6.52. The van der Waals surface area contributed by atoms with E-state index in [0.717, 1.165) is 19.4 Å². The number of hydrogen-bond donors (Lipinski definition) is 1. The molecule has 90 valence electrons. The van der Waals surface area contributed by atoms with Crippen molar-refractivity contribution < 1.29 is 9.90 Å². The van der Waals surface area contributed by atoms with E-state index >= 15 is 0 Å². The quantitative estimate of drug-likeness (QED) is 0.741. The van der Waals surface area contributed by atoms with Crippen molar-refractivity contribution in [3.05, 3.63) is 6.33 Å². The van der Waals surface area contributed by atoms with Gasteiger partial charge in [0.15, 0.2) is 5.16 Å². The molecule has 0 aliphatic heterocycles. The van der Waals surface area contributed by atoms with Crippen LogP contribution in [0, 0.1) is 5.92 Å². The van der Waals surface area contributed by atoms with Gasteiger partial charge < -0.3 is 9.67 Å². The normalized spacial score (nSPS) is 10.9. The first-order valence-electron chi connectivity index (χ1n) is 5.32. The number of hydrogen-bond acceptors (Lipinski definition) is 4. The van der Waals surface area contributed by atoms with E-state index in [1.807, 2.05) is 4.57 Å². The summed E-state index contributed by atoms with van der Waals surface area (Å²) in [5.74, 6) is -0.114. The van der Waals surface area contributed by atoms with Crippen LogP contribution >= 0.6 is 11.8 Å². The highest BCUT2D eigenvalue weighted by Gasteiger charge is 2.07. The fraction of sp³-hybridized carbons (Fsp3) is 0.700. The number of carboxylic acid groups (broad SMARTS) is 1. The molecule has 1 heterocycles. The minimum absolute atomic E-state index is 0.0306. The summed E-state index contributed by atoms with van der Waals surface area (Å²) >= 11 is 1.21. The average molecular weight is 243 g/mol. The van der Waals surface area contributed by atoms with Crippen molar-refractivity contribution in [1.29, 1.82) is 0 Å². The van der Waals surface area contributed by atoms with Crippen LogP contribution < -0.4 is 0 Å². The highest BCUT2D eigenvalue weighted by atomic mass is 32.2. The topological polar surface area (TPSA) is 68.0 Å². The van der Waals surface area contributed by atoms with E-state index in [1.165, 1.54) is 11.8 Å². The minimum Gasteiger partial charge on any atom is -0.481 e. The number of aromatic nitrogens is 3. The van der Waals surface area contributed by atoms with E-state index in [-0.39, 0.29) is 5.75 Å². The minimum atomic E-state index is -0.832. The van der Waals surface area contributed by atoms with Crippen molar-refractivity contribution in [2.45, 2.75) is 38.4 Å². The average Bonchev–Trinajstić information content (AvgIpc) is 2.62. The van der Waals surface area contributed by atoms with Gasteiger partial charge in [0.05, 0.1) is 5.75 Å². The summed E-state index contributed by atoms with van der Waals surface area (Å²) in [5, 5.41) is 17.0. The fourth-order valence-corrected chi connectivity index (χ4v) is 1.97. The van der Waals surface area contributed by atoms with Gasteiger partial charge in [-0.2, -0.15) is 0 Å². The molecular weight excluding hydrogens is 226 g/mol. The van der Waals surface area contributed by atoms with Gasteiger partial charge in [0.2, 0.25) is 0 Å². The van der Waals surface area contributed by atoms with E-state index in [2.05, 4.69) is 24.0 Å². The summed E-state index contributed by atoms with van der Waals surface area (Å²) in [6.07, 6.45) is 3.88. The van der Waals surface area contributed by atoms with E-state index in [4.69, 9.17) is 5.11 Å². The first kappa shape index (κ1) is 13.0. The van der Waals surface area contributed by atoms with Crippen LogP contribution in [0.3, 0.4) is 0 Å². The Balaban J connectivity index is 2.40. The van der Waals surface area contributed by atoms with Gasteiger partial charge in [0, 0.05) is 6.54 Å². The van der Waals surface area contributed by atoms with Gasteiger partial charge >= 0.3 is 5.97 Å². The van der Waals surface area contributed by atoms with Crippen molar-refractivity contribution in [3.8, 4) is 0 Å². The third kappa shape index (κ3) is 4.65. The SMILES string of the molecule is CC(C)CCCn1cnnc1SCC(=O)O. The van der Waals surface area contributed by atoms with Crippen molar-refractivity contribution in [3.63, 3.8) is 0 Å². The summed E-state index contributed by atoms with van der Waals surface area (Å²) in [5.41, 5.74) is 0. The molecule has 0 saturated carbocycles. The molecule has 1 aromatic rings. The predicted molar refractivity (Wildman–Crippen MR) is 62.5 cm³/mol. The van der Waals surface area contributed by atoms with Gasteiger partial charge in [-0.05, 0) is 18.8 Å². The van der Waals surface area contributed by atoms with Crippen LogP contribution in [0.5, 0.6) is 0 Å². The van der Waals surface area contributed by atoms with Crippen LogP contribution in [-0.2, 0) is 11.3 Å². The number of nitrogens with zero attached hydrogens (tertiary/aromatic N) is 3. The molecule has 1 aromatic heterocycles. The lowest BCUT2D eigenvalue weighted by Gasteiger charge is -2.06. The highest BCUT2D eigenvalue weighted by Crippen LogP contribution is 2.15. The summed E-state index contributed by atoms with van der Waals surface area (Å²) in [6, 6.07) is 0. The van der Waals surface area contributed by atoms with E-state index in [9.17, 15) is 4.79 Å². The molecule has 0 amide bonds. The van der Waals surface area contributed by atoms with E-state index in [0.29, 0.717) is 11.1 Å². The molecule has 0 aromatic carbocycles. The molecule has 0 spiro atoms. The van der Waals surface area contributed by atoms with Crippen molar-refractivity contribution in [2.24, 2.45) is 5.92 Å². The van der Waals surface area contributed by atoms with Crippen LogP contribution in [0.15, 0.2) is 11.5 Å². The summed E-state index contributed by atoms with van der Waals surface area (Å²) in [4.78, 5) is 10.4. The van der Waals surface area contributed by atoms with Gasteiger partial charge in [-0.3, -0.25) is 4.79 Å². The molecule has 1 rings (SSSR count). The van der Waals surface area contributed by atoms with Crippen molar-refractivity contribution >= 4 is 17.7 Å². The molecule has 16 heavy (non-hydrogen) atoms. The highest BCUT2D eigenvalue weighted by molar-refractivity contribution is 7.99. The molecule has 0 saturated heterocycles. The molecule has 0 aliphatic carbocycles. The van der Waals surface area contributed by atoms with Crippen molar-refractivity contribution in [2.75, 3.05) is 5.75 Å². The maximum absolute atomic E-state index is 10.4. The van der Waals surface area contributed by atoms with Crippen molar-refractivity contribution in [1.82, 2.24) is 14.8 Å². The lowest BCUT2D eigenvalue weighted by molar-refractivity contribution is -0.133. The monoisotopic (exact) mass is 243 g/mol. The Morgan fingerprint density at radius 3 is 3.00 bits per heavy atom. The van der Waals surface area contributed by atoms with Gasteiger partial charge in [-0.15, -0.1) is 10.2 Å². The first-order valence-corrected chi connectivity index (χ1v) is 6.30. The molecule has 6 heteroatoms. The smallest absolute Gasteiger partial charge is 0.313 e. The fourth-order valence-electron chi connectivity index (χ4n) is 1.31. The number of carbonyl (C=O) groups is 1. The Morgan fingerprint density at radius 1 is 1.62 bits per heavy atom. The van der Waals surface area contributed by atoms with Gasteiger partial charge in [0.25, 0.3) is 0 Å². The Hall–Kier alpha value is -1.04. The molecule has 0 unspecified atom stereocenters. The van der Waals surface area contributed by atoms with Gasteiger partial charge in [-0.25, -0.2) is 0 Å². The molecule has 0 atom stereocenters. The van der Waals surface area contributed by atoms with E-state index in [1.54, 1.807) is 6.33 Å². The first-order chi connectivity index (χ1) is 7.59. The second-order valence-corrected chi connectivity index (χ2v) is 4.97. The van der Waals surface area contributed by atoms with Crippen LogP contribution in [0.25, 0.3) is 0 Å². The maximum Gasteiger partial charge on any atom is 0.313 e. The Labute approximate surface area is 99.3 Å². The van der Waals surface area contributed by atoms with E-state index < -0.39 is 5.97 Å². The van der Waals surface area contributed by atoms with Crippen LogP contribution in [0.4, 0.5) is 0 Å². The zero-order valence-electron chi connectivity index (χ0n) is 9.59.